The third-order valence-corrected chi connectivity index (χ3v) is 4.81. The number of benzene rings is 2. The SMILES string of the molecule is CC1CCC(c2ccc3cc(Br)ccc3c2)CC1. The summed E-state index contributed by atoms with van der Waals surface area (Å²) >= 11 is 3.53. The molecule has 0 aliphatic heterocycles. The highest BCUT2D eigenvalue weighted by molar-refractivity contribution is 9.10. The summed E-state index contributed by atoms with van der Waals surface area (Å²) in [4.78, 5) is 0. The van der Waals surface area contributed by atoms with Crippen LogP contribution in [0.2, 0.25) is 0 Å². The Bertz CT molecular complexity index is 551. The number of fused-ring (bicyclic) bond motifs is 1. The van der Waals surface area contributed by atoms with Crippen molar-refractivity contribution in [2.75, 3.05) is 0 Å². The minimum atomic E-state index is 0.786. The largest absolute Gasteiger partial charge is 0.0625 e. The molecule has 3 rings (SSSR count). The molecule has 0 amide bonds. The summed E-state index contributed by atoms with van der Waals surface area (Å²) in [7, 11) is 0. The lowest BCUT2D eigenvalue weighted by molar-refractivity contribution is 0.348. The average Bonchev–Trinajstić information content (AvgIpc) is 2.39. The molecule has 1 fully saturated rings. The second-order valence-electron chi connectivity index (χ2n) is 5.71. The van der Waals surface area contributed by atoms with Crippen molar-refractivity contribution in [3.05, 3.63) is 46.4 Å². The molecule has 2 aromatic rings. The maximum Gasteiger partial charge on any atom is 0.0181 e. The third-order valence-electron chi connectivity index (χ3n) is 4.31. The molecule has 0 bridgehead atoms. The molecule has 1 aliphatic carbocycles. The molecule has 0 atom stereocenters. The van der Waals surface area contributed by atoms with Crippen LogP contribution >= 0.6 is 15.9 Å². The Morgan fingerprint density at radius 1 is 0.889 bits per heavy atom. The normalized spacial score (nSPS) is 24.3. The van der Waals surface area contributed by atoms with E-state index in [-0.39, 0.29) is 0 Å². The van der Waals surface area contributed by atoms with Gasteiger partial charge in [0, 0.05) is 4.47 Å². The van der Waals surface area contributed by atoms with Crippen LogP contribution in [0, 0.1) is 5.92 Å². The first-order valence-corrected chi connectivity index (χ1v) is 7.71. The topological polar surface area (TPSA) is 0 Å². The second-order valence-corrected chi connectivity index (χ2v) is 6.62. The highest BCUT2D eigenvalue weighted by Gasteiger charge is 2.19. The summed E-state index contributed by atoms with van der Waals surface area (Å²) in [5.41, 5.74) is 1.54. The van der Waals surface area contributed by atoms with Gasteiger partial charge in [0.15, 0.2) is 0 Å². The molecular formula is C17H19Br. The first-order valence-electron chi connectivity index (χ1n) is 6.91. The van der Waals surface area contributed by atoms with E-state index >= 15 is 0 Å². The highest BCUT2D eigenvalue weighted by atomic mass is 79.9. The molecule has 94 valence electrons. The molecule has 0 spiro atoms. The van der Waals surface area contributed by atoms with Gasteiger partial charge < -0.3 is 0 Å². The van der Waals surface area contributed by atoms with Crippen LogP contribution in [0.4, 0.5) is 0 Å². The van der Waals surface area contributed by atoms with Crippen molar-refractivity contribution in [3.63, 3.8) is 0 Å². The van der Waals surface area contributed by atoms with E-state index in [9.17, 15) is 0 Å². The van der Waals surface area contributed by atoms with Gasteiger partial charge in [0.2, 0.25) is 0 Å². The average molecular weight is 303 g/mol. The Balaban J connectivity index is 1.91. The molecule has 1 aliphatic rings. The summed E-state index contributed by atoms with van der Waals surface area (Å²) < 4.78 is 1.16. The van der Waals surface area contributed by atoms with E-state index in [1.165, 1.54) is 42.0 Å². The van der Waals surface area contributed by atoms with Gasteiger partial charge in [-0.15, -0.1) is 0 Å². The lowest BCUT2D eigenvalue weighted by Gasteiger charge is -2.26. The minimum Gasteiger partial charge on any atom is -0.0625 e. The van der Waals surface area contributed by atoms with Gasteiger partial charge >= 0.3 is 0 Å². The van der Waals surface area contributed by atoms with Crippen molar-refractivity contribution in [1.29, 1.82) is 0 Å². The summed E-state index contributed by atoms with van der Waals surface area (Å²) in [6.45, 7) is 2.38. The molecule has 18 heavy (non-hydrogen) atoms. The highest BCUT2D eigenvalue weighted by Crippen LogP contribution is 2.36. The van der Waals surface area contributed by atoms with Gasteiger partial charge in [-0.3, -0.25) is 0 Å². The van der Waals surface area contributed by atoms with Crippen LogP contribution in [0.3, 0.4) is 0 Å². The molecule has 0 nitrogen and oxygen atoms in total. The molecule has 0 radical (unpaired) electrons. The summed E-state index contributed by atoms with van der Waals surface area (Å²) in [5.74, 6) is 1.71. The first kappa shape index (κ1) is 12.2. The van der Waals surface area contributed by atoms with Crippen LogP contribution in [-0.4, -0.2) is 0 Å². The third kappa shape index (κ3) is 2.47. The van der Waals surface area contributed by atoms with Crippen LogP contribution in [0.25, 0.3) is 10.8 Å². The molecule has 2 aromatic carbocycles. The Morgan fingerprint density at radius 3 is 2.33 bits per heavy atom. The molecule has 1 saturated carbocycles. The Morgan fingerprint density at radius 2 is 1.56 bits per heavy atom. The molecular weight excluding hydrogens is 284 g/mol. The fourth-order valence-corrected chi connectivity index (χ4v) is 3.46. The quantitative estimate of drug-likeness (QED) is 0.615. The summed E-state index contributed by atoms with van der Waals surface area (Å²) in [5, 5.41) is 2.70. The Labute approximate surface area is 118 Å². The van der Waals surface area contributed by atoms with Crippen LogP contribution in [0.5, 0.6) is 0 Å². The van der Waals surface area contributed by atoms with Gasteiger partial charge in [0.05, 0.1) is 0 Å². The van der Waals surface area contributed by atoms with Crippen LogP contribution in [0.15, 0.2) is 40.9 Å². The molecule has 1 heteroatoms. The zero-order valence-electron chi connectivity index (χ0n) is 10.8. The van der Waals surface area contributed by atoms with Gasteiger partial charge in [-0.25, -0.2) is 0 Å². The lowest BCUT2D eigenvalue weighted by Crippen LogP contribution is -2.10. The fourth-order valence-electron chi connectivity index (χ4n) is 3.08. The number of halogens is 1. The fraction of sp³-hybridized carbons (Fsp3) is 0.412. The van der Waals surface area contributed by atoms with Gasteiger partial charge in [0.25, 0.3) is 0 Å². The van der Waals surface area contributed by atoms with E-state index in [1.807, 2.05) is 0 Å². The van der Waals surface area contributed by atoms with Gasteiger partial charge in [0.1, 0.15) is 0 Å². The van der Waals surface area contributed by atoms with Crippen molar-refractivity contribution in [3.8, 4) is 0 Å². The van der Waals surface area contributed by atoms with Crippen molar-refractivity contribution in [2.45, 2.75) is 38.5 Å². The molecule has 0 unspecified atom stereocenters. The van der Waals surface area contributed by atoms with Gasteiger partial charge in [-0.05, 0) is 53.1 Å². The van der Waals surface area contributed by atoms with Crippen LogP contribution < -0.4 is 0 Å². The number of hydrogen-bond acceptors (Lipinski definition) is 0. The Hall–Kier alpha value is -0.820. The maximum absolute atomic E-state index is 3.53. The summed E-state index contributed by atoms with van der Waals surface area (Å²) in [6.07, 6.45) is 5.51. The predicted octanol–water partition coefficient (Wildman–Crippen LogP) is 5.90. The molecule has 0 saturated heterocycles. The number of rotatable bonds is 1. The lowest BCUT2D eigenvalue weighted by atomic mass is 9.79. The van der Waals surface area contributed by atoms with E-state index in [0.717, 1.165) is 16.3 Å². The van der Waals surface area contributed by atoms with Crippen molar-refractivity contribution in [1.82, 2.24) is 0 Å². The van der Waals surface area contributed by atoms with E-state index in [4.69, 9.17) is 0 Å². The van der Waals surface area contributed by atoms with Gasteiger partial charge in [-0.1, -0.05) is 60.0 Å². The smallest absolute Gasteiger partial charge is 0.0181 e. The predicted molar refractivity (Wildman–Crippen MR) is 82.0 cm³/mol. The minimum absolute atomic E-state index is 0.786. The van der Waals surface area contributed by atoms with Gasteiger partial charge in [-0.2, -0.15) is 0 Å². The molecule has 0 heterocycles. The standard InChI is InChI=1S/C17H19Br/c1-12-2-4-13(5-3-12)14-6-7-16-11-17(18)9-8-15(16)10-14/h6-13H,2-5H2,1H3. The van der Waals surface area contributed by atoms with Crippen LogP contribution in [-0.2, 0) is 0 Å². The monoisotopic (exact) mass is 302 g/mol. The van der Waals surface area contributed by atoms with E-state index in [1.54, 1.807) is 0 Å². The molecule has 0 N–H and O–H groups in total. The zero-order chi connectivity index (χ0) is 12.5. The van der Waals surface area contributed by atoms with Crippen LogP contribution in [0.1, 0.15) is 44.1 Å². The molecule has 0 aromatic heterocycles. The van der Waals surface area contributed by atoms with Crippen molar-refractivity contribution in [2.24, 2.45) is 5.92 Å². The van der Waals surface area contributed by atoms with E-state index in [2.05, 4.69) is 59.3 Å². The van der Waals surface area contributed by atoms with E-state index in [0.29, 0.717) is 0 Å². The summed E-state index contributed by atoms with van der Waals surface area (Å²) in [6, 6.07) is 13.5. The van der Waals surface area contributed by atoms with Crippen molar-refractivity contribution >= 4 is 26.7 Å². The second kappa shape index (κ2) is 5.05. The number of hydrogen-bond donors (Lipinski definition) is 0. The first-order chi connectivity index (χ1) is 8.72. The zero-order valence-corrected chi connectivity index (χ0v) is 12.4. The van der Waals surface area contributed by atoms with E-state index < -0.39 is 0 Å². The van der Waals surface area contributed by atoms with Crippen molar-refractivity contribution < 1.29 is 0 Å². The Kier molecular flexibility index (Phi) is 3.43. The maximum atomic E-state index is 3.53.